The van der Waals surface area contributed by atoms with E-state index in [2.05, 4.69) is 0 Å². The molecule has 4 aliphatic rings. The first-order valence-electron chi connectivity index (χ1n) is 8.10. The van der Waals surface area contributed by atoms with E-state index in [1.807, 2.05) is 0 Å². The van der Waals surface area contributed by atoms with E-state index in [9.17, 15) is 27.1 Å². The predicted octanol–water partition coefficient (Wildman–Crippen LogP) is 3.11. The summed E-state index contributed by atoms with van der Waals surface area (Å²) >= 11 is 0. The summed E-state index contributed by atoms with van der Waals surface area (Å²) in [4.78, 5) is 11.4. The Balaban J connectivity index is 2.05. The monoisotopic (exact) mass is 370 g/mol. The maximum atomic E-state index is 15.2. The lowest BCUT2D eigenvalue weighted by molar-refractivity contribution is -0.201. The van der Waals surface area contributed by atoms with Crippen LogP contribution >= 0.6 is 0 Å². The second-order valence-electron chi connectivity index (χ2n) is 8.01. The van der Waals surface area contributed by atoms with Crippen molar-refractivity contribution in [3.8, 4) is 0 Å². The van der Waals surface area contributed by atoms with E-state index in [4.69, 9.17) is 4.55 Å². The highest BCUT2D eigenvalue weighted by atomic mass is 32.2. The fourth-order valence-electron chi connectivity index (χ4n) is 5.88. The number of hydrogen-bond donors (Lipinski definition) is 2. The molecule has 0 spiro atoms. The summed E-state index contributed by atoms with van der Waals surface area (Å²) < 4.78 is 74.4. The van der Waals surface area contributed by atoms with Crippen LogP contribution in [0.1, 0.15) is 45.4 Å². The molecule has 9 heteroatoms. The van der Waals surface area contributed by atoms with Crippen molar-refractivity contribution in [2.45, 2.75) is 56.4 Å². The third kappa shape index (κ3) is 2.23. The van der Waals surface area contributed by atoms with Gasteiger partial charge in [-0.15, -0.1) is 0 Å². The van der Waals surface area contributed by atoms with Crippen LogP contribution in [-0.4, -0.2) is 35.0 Å². The fourth-order valence-corrected chi connectivity index (χ4v) is 6.52. The smallest absolute Gasteiger partial charge is 0.413 e. The minimum Gasteiger partial charge on any atom is -0.479 e. The maximum Gasteiger partial charge on any atom is 0.413 e. The molecule has 0 aromatic carbocycles. The number of halogens is 3. The molecule has 4 aliphatic carbocycles. The zero-order valence-corrected chi connectivity index (χ0v) is 14.0. The van der Waals surface area contributed by atoms with E-state index in [1.54, 1.807) is 0 Å². The highest BCUT2D eigenvalue weighted by Crippen LogP contribution is 2.65. The van der Waals surface area contributed by atoms with Gasteiger partial charge in [-0.2, -0.15) is 17.2 Å². The van der Waals surface area contributed by atoms with Crippen LogP contribution in [0.2, 0.25) is 0 Å². The summed E-state index contributed by atoms with van der Waals surface area (Å²) in [6.07, 6.45) is 4.11. The third-order valence-electron chi connectivity index (χ3n) is 6.66. The molecule has 0 aromatic heterocycles. The summed E-state index contributed by atoms with van der Waals surface area (Å²) in [5, 5.41) is 3.76. The van der Waals surface area contributed by atoms with Crippen LogP contribution in [0.15, 0.2) is 0 Å². The fraction of sp³-hybridized carbons (Fsp3) is 0.933. The Bertz CT molecular complexity index is 627. The van der Waals surface area contributed by atoms with Crippen molar-refractivity contribution in [3.63, 3.8) is 0 Å². The minimum absolute atomic E-state index is 0.246. The second-order valence-corrected chi connectivity index (χ2v) is 9.47. The SMILES string of the molecule is CC(C12CC3CC(CC(C3)C1)C2)C(F)(C(=O)O)C(F)(F)S(=O)(=O)O. The Morgan fingerprint density at radius 1 is 1.08 bits per heavy atom. The molecule has 0 aliphatic heterocycles. The molecule has 0 aromatic rings. The standard InChI is InChI=1S/C15H21F3O5S/c1-8(14(16,12(19)20)15(17,18)24(21,22)23)13-5-9-2-10(6-13)4-11(3-9)7-13/h8-11H,2-7H2,1H3,(H,19,20)(H,21,22,23). The molecule has 4 rings (SSSR count). The van der Waals surface area contributed by atoms with Gasteiger partial charge in [0.25, 0.3) is 5.67 Å². The highest BCUT2D eigenvalue weighted by Gasteiger charge is 2.75. The van der Waals surface area contributed by atoms with Crippen molar-refractivity contribution >= 4 is 16.1 Å². The van der Waals surface area contributed by atoms with Gasteiger partial charge >= 0.3 is 21.3 Å². The molecule has 4 saturated carbocycles. The molecule has 24 heavy (non-hydrogen) atoms. The molecule has 0 saturated heterocycles. The summed E-state index contributed by atoms with van der Waals surface area (Å²) in [6, 6.07) is 0. The normalized spacial score (nSPS) is 39.5. The van der Waals surface area contributed by atoms with Crippen LogP contribution < -0.4 is 0 Å². The van der Waals surface area contributed by atoms with E-state index in [0.29, 0.717) is 19.3 Å². The number of rotatable bonds is 5. The van der Waals surface area contributed by atoms with Gasteiger partial charge in [0.15, 0.2) is 0 Å². The van der Waals surface area contributed by atoms with Crippen LogP contribution in [0.25, 0.3) is 0 Å². The molecule has 4 fully saturated rings. The first-order valence-corrected chi connectivity index (χ1v) is 9.54. The zero-order valence-electron chi connectivity index (χ0n) is 13.2. The largest absolute Gasteiger partial charge is 0.479 e. The molecule has 138 valence electrons. The van der Waals surface area contributed by atoms with Gasteiger partial charge in [0.1, 0.15) is 0 Å². The number of alkyl halides is 3. The Morgan fingerprint density at radius 2 is 1.46 bits per heavy atom. The van der Waals surface area contributed by atoms with Crippen LogP contribution in [0.4, 0.5) is 13.2 Å². The van der Waals surface area contributed by atoms with E-state index >= 15 is 4.39 Å². The zero-order chi connectivity index (χ0) is 18.1. The number of carboxylic acid groups (broad SMARTS) is 1. The van der Waals surface area contributed by atoms with Crippen molar-refractivity contribution in [3.05, 3.63) is 0 Å². The molecule has 2 atom stereocenters. The molecule has 0 radical (unpaired) electrons. The number of carbonyl (C=O) groups is 1. The molecule has 2 unspecified atom stereocenters. The average Bonchev–Trinajstić information content (AvgIpc) is 2.42. The summed E-state index contributed by atoms with van der Waals surface area (Å²) in [5.41, 5.74) is -5.33. The molecule has 0 heterocycles. The van der Waals surface area contributed by atoms with Crippen molar-refractivity contribution in [1.29, 1.82) is 0 Å². The second kappa shape index (κ2) is 5.09. The van der Waals surface area contributed by atoms with Gasteiger partial charge in [-0.1, -0.05) is 6.92 Å². The van der Waals surface area contributed by atoms with Crippen LogP contribution in [0.3, 0.4) is 0 Å². The lowest BCUT2D eigenvalue weighted by atomic mass is 9.45. The molecular weight excluding hydrogens is 349 g/mol. The van der Waals surface area contributed by atoms with Crippen LogP contribution in [0.5, 0.6) is 0 Å². The van der Waals surface area contributed by atoms with Gasteiger partial charge in [0.05, 0.1) is 0 Å². The van der Waals surface area contributed by atoms with Crippen molar-refractivity contribution < 1.29 is 36.0 Å². The lowest BCUT2D eigenvalue weighted by Crippen LogP contribution is -2.64. The van der Waals surface area contributed by atoms with Crippen LogP contribution in [0, 0.1) is 29.1 Å². The van der Waals surface area contributed by atoms with E-state index < -0.39 is 38.3 Å². The Hall–Kier alpha value is -0.830. The van der Waals surface area contributed by atoms with E-state index in [-0.39, 0.29) is 17.8 Å². The first-order chi connectivity index (χ1) is 10.8. The Labute approximate surface area is 138 Å². The predicted molar refractivity (Wildman–Crippen MR) is 77.7 cm³/mol. The van der Waals surface area contributed by atoms with Gasteiger partial charge in [-0.3, -0.25) is 4.55 Å². The summed E-state index contributed by atoms with van der Waals surface area (Å²) in [7, 11) is -6.21. The summed E-state index contributed by atoms with van der Waals surface area (Å²) in [5.74, 6) is -3.54. The topological polar surface area (TPSA) is 91.7 Å². The van der Waals surface area contributed by atoms with Gasteiger partial charge < -0.3 is 5.11 Å². The maximum absolute atomic E-state index is 15.2. The molecule has 5 nitrogen and oxygen atoms in total. The molecule has 0 amide bonds. The van der Waals surface area contributed by atoms with Crippen molar-refractivity contribution in [2.75, 3.05) is 0 Å². The average molecular weight is 370 g/mol. The van der Waals surface area contributed by atoms with Gasteiger partial charge in [-0.05, 0) is 61.7 Å². The number of carboxylic acids is 1. The molecular formula is C15H21F3O5S. The Morgan fingerprint density at radius 3 is 1.75 bits per heavy atom. The minimum atomic E-state index is -6.21. The van der Waals surface area contributed by atoms with E-state index in [1.165, 1.54) is 0 Å². The van der Waals surface area contributed by atoms with Gasteiger partial charge in [0, 0.05) is 5.92 Å². The number of hydrogen-bond acceptors (Lipinski definition) is 3. The molecule has 4 bridgehead atoms. The third-order valence-corrected chi connectivity index (χ3v) is 7.60. The van der Waals surface area contributed by atoms with E-state index in [0.717, 1.165) is 26.2 Å². The Kier molecular flexibility index (Phi) is 3.81. The first kappa shape index (κ1) is 18.0. The van der Waals surface area contributed by atoms with Gasteiger partial charge in [-0.25, -0.2) is 9.18 Å². The van der Waals surface area contributed by atoms with Crippen molar-refractivity contribution in [2.24, 2.45) is 29.1 Å². The van der Waals surface area contributed by atoms with Gasteiger partial charge in [0.2, 0.25) is 0 Å². The lowest BCUT2D eigenvalue weighted by Gasteiger charge is -2.60. The van der Waals surface area contributed by atoms with Crippen molar-refractivity contribution in [1.82, 2.24) is 0 Å². The number of aliphatic carboxylic acids is 1. The highest BCUT2D eigenvalue weighted by molar-refractivity contribution is 7.87. The molecule has 2 N–H and O–H groups in total. The summed E-state index contributed by atoms with van der Waals surface area (Å²) in [6.45, 7) is 1.06. The van der Waals surface area contributed by atoms with Crippen LogP contribution in [-0.2, 0) is 14.9 Å². The quantitative estimate of drug-likeness (QED) is 0.726.